The van der Waals surface area contributed by atoms with E-state index >= 15 is 0 Å². The fourth-order valence-corrected chi connectivity index (χ4v) is 5.40. The quantitative estimate of drug-likeness (QED) is 0.0518. The van der Waals surface area contributed by atoms with Gasteiger partial charge in [0.1, 0.15) is 5.75 Å². The molecule has 39 heavy (non-hydrogen) atoms. The Morgan fingerprint density at radius 2 is 0.872 bits per heavy atom. The molecule has 0 rings (SSSR count). The maximum atomic E-state index is 13.2. The van der Waals surface area contributed by atoms with Crippen molar-refractivity contribution in [2.24, 2.45) is 0 Å². The monoisotopic (exact) mass is 598 g/mol. The highest BCUT2D eigenvalue weighted by Gasteiger charge is 2.75. The van der Waals surface area contributed by atoms with Gasteiger partial charge in [-0.15, -0.1) is 0 Å². The van der Waals surface area contributed by atoms with Crippen molar-refractivity contribution in [1.82, 2.24) is 0 Å². The second-order valence-electron chi connectivity index (χ2n) is 10.5. The van der Waals surface area contributed by atoms with Gasteiger partial charge in [0.05, 0.1) is 0 Å². The van der Waals surface area contributed by atoms with E-state index in [1.165, 1.54) is 83.5 Å². The number of rotatable bonds is 24. The van der Waals surface area contributed by atoms with Crippen molar-refractivity contribution in [3.63, 3.8) is 0 Å². The van der Waals surface area contributed by atoms with Gasteiger partial charge in [-0.2, -0.15) is 34.8 Å². The summed E-state index contributed by atoms with van der Waals surface area (Å²) in [5, 5.41) is 0. The zero-order valence-electron chi connectivity index (χ0n) is 23.3. The molecule has 0 spiro atoms. The van der Waals surface area contributed by atoms with Gasteiger partial charge < -0.3 is 4.74 Å². The van der Waals surface area contributed by atoms with Crippen molar-refractivity contribution in [2.45, 2.75) is 160 Å². The lowest BCUT2D eigenvalue weighted by atomic mass is 10.0. The average molecular weight is 599 g/mol. The lowest BCUT2D eigenvalue weighted by Crippen LogP contribution is -2.63. The lowest BCUT2D eigenvalue weighted by Gasteiger charge is -2.35. The molecule has 0 aliphatic rings. The van der Waals surface area contributed by atoms with Gasteiger partial charge in [-0.3, -0.25) is 9.35 Å². The highest BCUT2D eigenvalue weighted by molar-refractivity contribution is 7.85. The van der Waals surface area contributed by atoms with Crippen LogP contribution in [0.4, 0.5) is 26.3 Å². The molecule has 0 unspecified atom stereocenters. The molecule has 5 nitrogen and oxygen atoms in total. The molecule has 1 N–H and O–H groups in total. The van der Waals surface area contributed by atoms with Crippen LogP contribution in [0.5, 0.6) is 0 Å². The Kier molecular flexibility index (Phi) is 19.4. The highest BCUT2D eigenvalue weighted by atomic mass is 32.2. The molecule has 0 bridgehead atoms. The second-order valence-corrected chi connectivity index (χ2v) is 11.9. The van der Waals surface area contributed by atoms with Crippen molar-refractivity contribution >= 4 is 16.1 Å². The van der Waals surface area contributed by atoms with Gasteiger partial charge in [-0.25, -0.2) is 0 Å². The number of alkyl halides is 6. The first-order chi connectivity index (χ1) is 18.2. The molecule has 234 valence electrons. The third-order valence-electron chi connectivity index (χ3n) is 6.82. The van der Waals surface area contributed by atoms with E-state index in [0.29, 0.717) is 12.8 Å². The predicted octanol–water partition coefficient (Wildman–Crippen LogP) is 9.49. The molecule has 0 aliphatic carbocycles. The van der Waals surface area contributed by atoms with Gasteiger partial charge in [0.15, 0.2) is 0 Å². The highest BCUT2D eigenvalue weighted by Crippen LogP contribution is 2.47. The molecule has 0 saturated carbocycles. The van der Waals surface area contributed by atoms with E-state index in [-0.39, 0.29) is 6.42 Å². The second kappa shape index (κ2) is 19.9. The van der Waals surface area contributed by atoms with Crippen molar-refractivity contribution < 1.29 is 48.8 Å². The summed E-state index contributed by atoms with van der Waals surface area (Å²) in [4.78, 5) is 11.7. The molecule has 12 heteroatoms. The van der Waals surface area contributed by atoms with Crippen LogP contribution in [-0.2, 0) is 19.6 Å². The van der Waals surface area contributed by atoms with Crippen LogP contribution in [0.3, 0.4) is 0 Å². The van der Waals surface area contributed by atoms with Crippen molar-refractivity contribution in [3.8, 4) is 0 Å². The molecule has 0 aliphatic heterocycles. The minimum Gasteiger partial charge on any atom is -0.438 e. The summed E-state index contributed by atoms with van der Waals surface area (Å²) in [6, 6.07) is 0. The van der Waals surface area contributed by atoms with Gasteiger partial charge in [0, 0.05) is 6.42 Å². The Hall–Kier alpha value is -1.04. The van der Waals surface area contributed by atoms with Crippen LogP contribution in [0.2, 0.25) is 0 Å². The lowest BCUT2D eigenvalue weighted by molar-refractivity contribution is -0.361. The van der Waals surface area contributed by atoms with Crippen LogP contribution >= 0.6 is 0 Å². The molecule has 0 radical (unpaired) electrons. The first-order valence-electron chi connectivity index (χ1n) is 14.5. The van der Waals surface area contributed by atoms with Crippen molar-refractivity contribution in [2.75, 3.05) is 5.75 Å². The molecule has 0 heterocycles. The summed E-state index contributed by atoms with van der Waals surface area (Å²) in [5.74, 6) is -4.67. The van der Waals surface area contributed by atoms with Crippen molar-refractivity contribution in [3.05, 3.63) is 0 Å². The SMILES string of the molecule is CCCCCCCCCCCCCCCCCCCCCCC(=O)OC(CS(=O)(=O)O)(C(F)(F)F)C(F)(F)F. The molecule has 0 saturated heterocycles. The minimum absolute atomic E-state index is 0.00929. The molecular weight excluding hydrogens is 550 g/mol. The molecule has 0 amide bonds. The number of ether oxygens (including phenoxy) is 1. The van der Waals surface area contributed by atoms with E-state index in [2.05, 4.69) is 11.7 Å². The van der Waals surface area contributed by atoms with E-state index < -0.39 is 46.2 Å². The third kappa shape index (κ3) is 18.1. The Bertz CT molecular complexity index is 724. The zero-order chi connectivity index (χ0) is 29.8. The van der Waals surface area contributed by atoms with Crippen LogP contribution < -0.4 is 0 Å². The largest absolute Gasteiger partial charge is 0.438 e. The van der Waals surface area contributed by atoms with Gasteiger partial charge in [-0.05, 0) is 6.42 Å². The number of unbranched alkanes of at least 4 members (excludes halogenated alkanes) is 19. The van der Waals surface area contributed by atoms with Gasteiger partial charge in [-0.1, -0.05) is 129 Å². The number of esters is 1. The summed E-state index contributed by atoms with van der Waals surface area (Å²) >= 11 is 0. The number of hydrogen-bond donors (Lipinski definition) is 1. The minimum atomic E-state index is -6.29. The third-order valence-corrected chi connectivity index (χ3v) is 7.60. The Morgan fingerprint density at radius 3 is 1.13 bits per heavy atom. The topological polar surface area (TPSA) is 80.7 Å². The summed E-state index contributed by atoms with van der Waals surface area (Å²) in [7, 11) is -5.77. The summed E-state index contributed by atoms with van der Waals surface area (Å²) in [5.41, 5.74) is -5.32. The predicted molar refractivity (Wildman–Crippen MR) is 140 cm³/mol. The molecule has 0 atom stereocenters. The normalized spacial score (nSPS) is 13.1. The van der Waals surface area contributed by atoms with Crippen molar-refractivity contribution in [1.29, 1.82) is 0 Å². The maximum absolute atomic E-state index is 13.2. The number of carbonyl (C=O) groups is 1. The molecule has 0 fully saturated rings. The molecular formula is C27H48F6O5S. The smallest absolute Gasteiger partial charge is 0.438 e. The van der Waals surface area contributed by atoms with Gasteiger partial charge >= 0.3 is 23.9 Å². The van der Waals surface area contributed by atoms with Gasteiger partial charge in [0.25, 0.3) is 10.1 Å². The van der Waals surface area contributed by atoms with Crippen LogP contribution in [0.1, 0.15) is 142 Å². The Labute approximate surface area is 230 Å². The van der Waals surface area contributed by atoms with E-state index in [4.69, 9.17) is 4.55 Å². The van der Waals surface area contributed by atoms with Crippen LogP contribution in [0.15, 0.2) is 0 Å². The molecule has 0 aromatic heterocycles. The fourth-order valence-electron chi connectivity index (χ4n) is 4.50. The molecule has 0 aromatic rings. The van der Waals surface area contributed by atoms with Crippen LogP contribution in [-0.4, -0.2) is 42.6 Å². The van der Waals surface area contributed by atoms with Crippen LogP contribution in [0.25, 0.3) is 0 Å². The van der Waals surface area contributed by atoms with E-state index in [9.17, 15) is 39.6 Å². The average Bonchev–Trinajstić information content (AvgIpc) is 2.80. The summed E-state index contributed by atoms with van der Waals surface area (Å²) in [6.07, 6.45) is 8.70. The number of halogens is 6. The Morgan fingerprint density at radius 1 is 0.590 bits per heavy atom. The first kappa shape index (κ1) is 38.0. The summed E-state index contributed by atoms with van der Waals surface area (Å²) in [6.45, 7) is 2.23. The maximum Gasteiger partial charge on any atom is 0.438 e. The van der Waals surface area contributed by atoms with E-state index in [1.807, 2.05) is 0 Å². The standard InChI is InChI=1S/C27H48F6O5S/c1-2-3-4-5-6-7-8-9-10-11-12-13-14-15-16-17-18-19-20-21-22-24(34)38-25(26(28,29)30,27(31,32)33)23-39(35,36)37/h2-23H2,1H3,(H,35,36,37). The number of hydrogen-bond acceptors (Lipinski definition) is 4. The Balaban J connectivity index is 3.89. The first-order valence-corrected chi connectivity index (χ1v) is 16.1. The van der Waals surface area contributed by atoms with Gasteiger partial charge in [0.2, 0.25) is 0 Å². The number of carbonyl (C=O) groups excluding carboxylic acids is 1. The summed E-state index contributed by atoms with van der Waals surface area (Å²) < 4.78 is 113. The fraction of sp³-hybridized carbons (Fsp3) is 0.963. The zero-order valence-corrected chi connectivity index (χ0v) is 24.1. The van der Waals surface area contributed by atoms with E-state index in [1.54, 1.807) is 0 Å². The molecule has 0 aromatic carbocycles. The van der Waals surface area contributed by atoms with Crippen LogP contribution in [0, 0.1) is 0 Å². The van der Waals surface area contributed by atoms with E-state index in [0.717, 1.165) is 25.7 Å².